The van der Waals surface area contributed by atoms with Crippen LogP contribution in [0.25, 0.3) is 21.5 Å². The summed E-state index contributed by atoms with van der Waals surface area (Å²) >= 11 is 6.57. The lowest BCUT2D eigenvalue weighted by Gasteiger charge is -2.18. The van der Waals surface area contributed by atoms with Crippen molar-refractivity contribution < 1.29 is 28.5 Å². The first kappa shape index (κ1) is 54.3. The predicted molar refractivity (Wildman–Crippen MR) is 268 cm³/mol. The highest BCUT2D eigenvalue weighted by Crippen LogP contribution is 2.44. The molecule has 0 aliphatic heterocycles. The number of ether oxygens (including phenoxy) is 4. The molecular formula is C56H89ClO6. The van der Waals surface area contributed by atoms with E-state index in [9.17, 15) is 9.59 Å². The Morgan fingerprint density at radius 2 is 0.698 bits per heavy atom. The molecule has 7 heteroatoms. The Hall–Kier alpha value is -2.99. The third-order valence-electron chi connectivity index (χ3n) is 12.5. The quantitative estimate of drug-likeness (QED) is 0.0321. The molecule has 0 saturated carbocycles. The van der Waals surface area contributed by atoms with Crippen molar-refractivity contribution in [1.82, 2.24) is 0 Å². The van der Waals surface area contributed by atoms with Gasteiger partial charge in [-0.05, 0) is 56.7 Å². The molecule has 0 aromatic heterocycles. The summed E-state index contributed by atoms with van der Waals surface area (Å²) in [5.41, 5.74) is 0. The Morgan fingerprint density at radius 1 is 0.381 bits per heavy atom. The summed E-state index contributed by atoms with van der Waals surface area (Å²) < 4.78 is 23.7. The molecule has 63 heavy (non-hydrogen) atoms. The number of hydrogen-bond acceptors (Lipinski definition) is 6. The summed E-state index contributed by atoms with van der Waals surface area (Å²) in [7, 11) is 0. The molecule has 0 fully saturated rings. The third-order valence-corrected chi connectivity index (χ3v) is 12.7. The molecule has 6 nitrogen and oxygen atoms in total. The van der Waals surface area contributed by atoms with Crippen LogP contribution in [-0.4, -0.2) is 38.4 Å². The van der Waals surface area contributed by atoms with E-state index in [1.807, 2.05) is 12.1 Å². The van der Waals surface area contributed by atoms with Gasteiger partial charge in [-0.1, -0.05) is 217 Å². The van der Waals surface area contributed by atoms with Gasteiger partial charge >= 0.3 is 11.9 Å². The molecule has 0 aliphatic rings. The average molecular weight is 894 g/mol. The molecule has 0 bridgehead atoms. The molecule has 0 saturated heterocycles. The van der Waals surface area contributed by atoms with Crippen LogP contribution in [0.5, 0.6) is 11.5 Å². The highest BCUT2D eigenvalue weighted by Gasteiger charge is 2.17. The van der Waals surface area contributed by atoms with Crippen molar-refractivity contribution in [3.05, 3.63) is 47.5 Å². The normalized spacial score (nSPS) is 11.4. The maximum Gasteiger partial charge on any atom is 0.305 e. The minimum absolute atomic E-state index is 0.0202. The second-order valence-corrected chi connectivity index (χ2v) is 18.6. The summed E-state index contributed by atoms with van der Waals surface area (Å²) in [4.78, 5) is 23.4. The molecule has 3 aromatic carbocycles. The van der Waals surface area contributed by atoms with E-state index in [1.165, 1.54) is 141 Å². The molecule has 3 rings (SSSR count). The van der Waals surface area contributed by atoms with Crippen LogP contribution in [0.3, 0.4) is 0 Å². The van der Waals surface area contributed by atoms with Gasteiger partial charge in [-0.25, -0.2) is 0 Å². The van der Waals surface area contributed by atoms with Crippen molar-refractivity contribution in [3.63, 3.8) is 0 Å². The summed E-state index contributed by atoms with van der Waals surface area (Å²) in [5.74, 6) is 1.83. The zero-order valence-electron chi connectivity index (χ0n) is 40.2. The molecule has 0 atom stereocenters. The first-order valence-electron chi connectivity index (χ1n) is 26.3. The van der Waals surface area contributed by atoms with Crippen LogP contribution in [0.1, 0.15) is 232 Å². The van der Waals surface area contributed by atoms with Crippen LogP contribution in [-0.2, 0) is 19.1 Å². The molecule has 0 unspecified atom stereocenters. The van der Waals surface area contributed by atoms with Crippen molar-refractivity contribution in [2.45, 2.75) is 232 Å². The summed E-state index contributed by atoms with van der Waals surface area (Å²) in [6.45, 7) is 6.81. The molecular weight excluding hydrogens is 804 g/mol. The van der Waals surface area contributed by atoms with Crippen LogP contribution in [0.2, 0.25) is 5.02 Å². The zero-order valence-corrected chi connectivity index (χ0v) is 41.0. The molecule has 0 radical (unpaired) electrons. The summed E-state index contributed by atoms with van der Waals surface area (Å²) in [5, 5.41) is 5.03. The van der Waals surface area contributed by atoms with Crippen molar-refractivity contribution in [2.24, 2.45) is 0 Å². The van der Waals surface area contributed by atoms with E-state index >= 15 is 0 Å². The maximum atomic E-state index is 11.7. The van der Waals surface area contributed by atoms with Crippen molar-refractivity contribution in [3.8, 4) is 11.5 Å². The third kappa shape index (κ3) is 25.3. The number of rotatable bonds is 42. The highest BCUT2D eigenvalue weighted by molar-refractivity contribution is 6.31. The molecule has 356 valence electrons. The number of hydrogen-bond donors (Lipinski definition) is 0. The maximum absolute atomic E-state index is 11.7. The van der Waals surface area contributed by atoms with Crippen LogP contribution < -0.4 is 9.47 Å². The second-order valence-electron chi connectivity index (χ2n) is 18.1. The lowest BCUT2D eigenvalue weighted by Crippen LogP contribution is -2.05. The minimum atomic E-state index is -0.0206. The number of benzene rings is 3. The van der Waals surface area contributed by atoms with E-state index in [2.05, 4.69) is 44.2 Å². The standard InChI is InChI=1S/C56H89ClO6/c1-3-5-43-60-53(58)39-31-27-23-19-15-11-7-9-13-17-21-25-29-35-45-62-55-49-37-33-34-38-50(49)56(52-47-48(57)41-42-51(52)55)63-46-36-30-26-22-18-14-10-8-12-16-20-24-28-32-40-54(59)61-44-6-4-2/h33-34,37-38,41-42,47H,3-32,35-36,39-40,43-46H2,1-2H3. The lowest BCUT2D eigenvalue weighted by molar-refractivity contribution is -0.144. The van der Waals surface area contributed by atoms with E-state index < -0.39 is 0 Å². The van der Waals surface area contributed by atoms with E-state index in [1.54, 1.807) is 0 Å². The van der Waals surface area contributed by atoms with Gasteiger partial charge in [0.25, 0.3) is 0 Å². The highest BCUT2D eigenvalue weighted by atomic mass is 35.5. The van der Waals surface area contributed by atoms with Gasteiger partial charge in [-0.2, -0.15) is 0 Å². The first-order valence-corrected chi connectivity index (χ1v) is 26.6. The van der Waals surface area contributed by atoms with E-state index in [0.29, 0.717) is 44.3 Å². The molecule has 0 aliphatic carbocycles. The average Bonchev–Trinajstić information content (AvgIpc) is 3.28. The van der Waals surface area contributed by atoms with Gasteiger partial charge in [0.05, 0.1) is 26.4 Å². The number of carbonyl (C=O) groups excluding carboxylic acids is 2. The second kappa shape index (κ2) is 37.3. The Kier molecular flexibility index (Phi) is 32.1. The largest absolute Gasteiger partial charge is 0.492 e. The minimum Gasteiger partial charge on any atom is -0.492 e. The molecule has 0 spiro atoms. The van der Waals surface area contributed by atoms with Gasteiger partial charge in [0.1, 0.15) is 11.5 Å². The van der Waals surface area contributed by atoms with Gasteiger partial charge in [0, 0.05) is 39.4 Å². The SMILES string of the molecule is CCCCOC(=O)CCCCCCCCCCCCCCCCOc1c2ccccc2c(OCCCCCCCCCCCCCCCCC(=O)OCCCC)c2cc(Cl)ccc12. The van der Waals surface area contributed by atoms with Crippen molar-refractivity contribution in [1.29, 1.82) is 0 Å². The molecule has 0 amide bonds. The van der Waals surface area contributed by atoms with E-state index in [-0.39, 0.29) is 11.9 Å². The topological polar surface area (TPSA) is 71.1 Å². The summed E-state index contributed by atoms with van der Waals surface area (Å²) in [6.07, 6.45) is 40.2. The molecule has 3 aromatic rings. The number of fused-ring (bicyclic) bond motifs is 2. The zero-order chi connectivity index (χ0) is 44.8. The summed E-state index contributed by atoms with van der Waals surface area (Å²) in [6, 6.07) is 14.6. The van der Waals surface area contributed by atoms with Crippen molar-refractivity contribution in [2.75, 3.05) is 26.4 Å². The van der Waals surface area contributed by atoms with Crippen LogP contribution >= 0.6 is 11.6 Å². The fraction of sp³-hybridized carbons (Fsp3) is 0.714. The van der Waals surface area contributed by atoms with E-state index in [0.717, 1.165) is 97.3 Å². The van der Waals surface area contributed by atoms with Crippen LogP contribution in [0, 0.1) is 0 Å². The van der Waals surface area contributed by atoms with Gasteiger partial charge in [0.2, 0.25) is 0 Å². The Morgan fingerprint density at radius 3 is 1.06 bits per heavy atom. The Balaban J connectivity index is 1.22. The number of carbonyl (C=O) groups is 2. The van der Waals surface area contributed by atoms with Crippen LogP contribution in [0.15, 0.2) is 42.5 Å². The van der Waals surface area contributed by atoms with Crippen LogP contribution in [0.4, 0.5) is 0 Å². The number of esters is 2. The van der Waals surface area contributed by atoms with Gasteiger partial charge < -0.3 is 18.9 Å². The predicted octanol–water partition coefficient (Wildman–Crippen LogP) is 17.8. The molecule has 0 N–H and O–H groups in total. The fourth-order valence-corrected chi connectivity index (χ4v) is 8.69. The molecule has 0 heterocycles. The van der Waals surface area contributed by atoms with Gasteiger partial charge in [0.15, 0.2) is 0 Å². The Labute approximate surface area is 389 Å². The Bertz CT molecular complexity index is 1610. The first-order chi connectivity index (χ1) is 31.0. The fourth-order valence-electron chi connectivity index (χ4n) is 8.52. The van der Waals surface area contributed by atoms with Gasteiger partial charge in [-0.3, -0.25) is 9.59 Å². The van der Waals surface area contributed by atoms with Gasteiger partial charge in [-0.15, -0.1) is 0 Å². The lowest BCUT2D eigenvalue weighted by atomic mass is 10.0. The smallest absolute Gasteiger partial charge is 0.305 e. The number of unbranched alkanes of at least 4 members (excludes halogenated alkanes) is 28. The van der Waals surface area contributed by atoms with Crippen molar-refractivity contribution >= 4 is 45.1 Å². The monoisotopic (exact) mass is 893 g/mol. The van der Waals surface area contributed by atoms with E-state index in [4.69, 9.17) is 30.5 Å². The number of halogens is 1.